The van der Waals surface area contributed by atoms with Crippen LogP contribution in [-0.2, 0) is 4.74 Å². The normalized spacial score (nSPS) is 19.1. The third kappa shape index (κ3) is 4.35. The maximum absolute atomic E-state index is 12.3. The number of anilines is 3. The number of fused-ring (bicyclic) bond motifs is 3. The molecule has 5 heterocycles. The largest absolute Gasteiger partial charge is 0.371 e. The van der Waals surface area contributed by atoms with Crippen molar-refractivity contribution in [2.75, 3.05) is 28.6 Å². The van der Waals surface area contributed by atoms with Gasteiger partial charge in [0.1, 0.15) is 5.82 Å². The standard InChI is InChI=1S/C26H28N8O2/c1-16(2)34-25-22(13-28-34)24(33-14-20-7-8-21(15-33)36-20)31-23(32-25)17-3-5-18(6-4-17)29-26(35)30-19-9-11-27-12-10-19/h3-6,9-13,16,20-21H,7-8,14-15H2,1-2H3,(H2,27,29,30,35). The number of ether oxygens (including phenoxy) is 1. The lowest BCUT2D eigenvalue weighted by atomic mass is 10.2. The summed E-state index contributed by atoms with van der Waals surface area (Å²) < 4.78 is 8.00. The maximum Gasteiger partial charge on any atom is 0.323 e. The van der Waals surface area contributed by atoms with Gasteiger partial charge in [-0.3, -0.25) is 4.98 Å². The van der Waals surface area contributed by atoms with Gasteiger partial charge in [-0.15, -0.1) is 0 Å². The SMILES string of the molecule is CC(C)n1ncc2c(N3CC4CCC(C3)O4)nc(-c3ccc(NC(=O)Nc4ccncc4)cc3)nc21. The van der Waals surface area contributed by atoms with E-state index in [1.807, 2.05) is 35.1 Å². The molecule has 2 unspecified atom stereocenters. The Balaban J connectivity index is 1.29. The van der Waals surface area contributed by atoms with Crippen molar-refractivity contribution in [2.45, 2.75) is 44.9 Å². The number of morpholine rings is 1. The smallest absolute Gasteiger partial charge is 0.323 e. The van der Waals surface area contributed by atoms with Crippen molar-refractivity contribution in [3.8, 4) is 11.4 Å². The van der Waals surface area contributed by atoms with Gasteiger partial charge in [-0.05, 0) is 63.1 Å². The zero-order valence-corrected chi connectivity index (χ0v) is 20.3. The van der Waals surface area contributed by atoms with Crippen LogP contribution in [0.25, 0.3) is 22.4 Å². The van der Waals surface area contributed by atoms with Crippen LogP contribution in [0.3, 0.4) is 0 Å². The molecular formula is C26H28N8O2. The predicted molar refractivity (Wildman–Crippen MR) is 138 cm³/mol. The third-order valence-corrected chi connectivity index (χ3v) is 6.61. The van der Waals surface area contributed by atoms with E-state index < -0.39 is 0 Å². The summed E-state index contributed by atoms with van der Waals surface area (Å²) in [5.41, 5.74) is 3.03. The Hall–Kier alpha value is -4.05. The van der Waals surface area contributed by atoms with Gasteiger partial charge in [0, 0.05) is 48.5 Å². The highest BCUT2D eigenvalue weighted by atomic mass is 16.5. The fourth-order valence-corrected chi connectivity index (χ4v) is 4.88. The van der Waals surface area contributed by atoms with E-state index in [4.69, 9.17) is 14.7 Å². The monoisotopic (exact) mass is 484 g/mol. The number of nitrogens with one attached hydrogen (secondary N) is 2. The van der Waals surface area contributed by atoms with Crippen molar-refractivity contribution in [1.82, 2.24) is 24.7 Å². The predicted octanol–water partition coefficient (Wildman–Crippen LogP) is 4.48. The Morgan fingerprint density at radius 2 is 1.64 bits per heavy atom. The van der Waals surface area contributed by atoms with Gasteiger partial charge in [-0.1, -0.05) is 0 Å². The van der Waals surface area contributed by atoms with Crippen LogP contribution < -0.4 is 15.5 Å². The van der Waals surface area contributed by atoms with E-state index in [0.29, 0.717) is 17.2 Å². The summed E-state index contributed by atoms with van der Waals surface area (Å²) in [6.45, 7) is 5.84. The highest BCUT2D eigenvalue weighted by Gasteiger charge is 2.35. The average molecular weight is 485 g/mol. The second kappa shape index (κ2) is 9.19. The summed E-state index contributed by atoms with van der Waals surface area (Å²) in [5, 5.41) is 11.2. The van der Waals surface area contributed by atoms with Crippen molar-refractivity contribution < 1.29 is 9.53 Å². The van der Waals surface area contributed by atoms with Gasteiger partial charge in [0.2, 0.25) is 0 Å². The number of aromatic nitrogens is 5. The first-order chi connectivity index (χ1) is 17.5. The molecule has 184 valence electrons. The highest BCUT2D eigenvalue weighted by Crippen LogP contribution is 2.34. The van der Waals surface area contributed by atoms with E-state index in [-0.39, 0.29) is 24.3 Å². The van der Waals surface area contributed by atoms with Crippen LogP contribution in [0, 0.1) is 0 Å². The van der Waals surface area contributed by atoms with Crippen molar-refractivity contribution in [1.29, 1.82) is 0 Å². The zero-order valence-electron chi connectivity index (χ0n) is 20.3. The molecule has 0 aliphatic carbocycles. The molecule has 10 nitrogen and oxygen atoms in total. The molecular weight excluding hydrogens is 456 g/mol. The second-order valence-corrected chi connectivity index (χ2v) is 9.55. The molecule has 6 rings (SSSR count). The average Bonchev–Trinajstić information content (AvgIpc) is 3.46. The van der Waals surface area contributed by atoms with Gasteiger partial charge in [-0.25, -0.2) is 19.4 Å². The zero-order chi connectivity index (χ0) is 24.6. The van der Waals surface area contributed by atoms with Crippen molar-refractivity contribution in [3.05, 3.63) is 55.0 Å². The topological polar surface area (TPSA) is 110 Å². The molecule has 2 bridgehead atoms. The number of hydrogen-bond donors (Lipinski definition) is 2. The molecule has 2 saturated heterocycles. The van der Waals surface area contributed by atoms with Gasteiger partial charge in [0.25, 0.3) is 0 Å². The van der Waals surface area contributed by atoms with Crippen LogP contribution >= 0.6 is 0 Å². The molecule has 4 aromatic rings. The molecule has 2 N–H and O–H groups in total. The van der Waals surface area contributed by atoms with Gasteiger partial charge < -0.3 is 20.3 Å². The number of hydrogen-bond acceptors (Lipinski definition) is 7. The number of rotatable bonds is 5. The molecule has 2 atom stereocenters. The van der Waals surface area contributed by atoms with E-state index >= 15 is 0 Å². The summed E-state index contributed by atoms with van der Waals surface area (Å²) >= 11 is 0. The molecule has 2 aliphatic heterocycles. The molecule has 0 spiro atoms. The Morgan fingerprint density at radius 3 is 2.31 bits per heavy atom. The molecule has 36 heavy (non-hydrogen) atoms. The first-order valence-electron chi connectivity index (χ1n) is 12.3. The van der Waals surface area contributed by atoms with Gasteiger partial charge in [-0.2, -0.15) is 5.10 Å². The number of nitrogens with zero attached hydrogens (tertiary/aromatic N) is 6. The number of carbonyl (C=O) groups is 1. The number of pyridine rings is 1. The minimum absolute atomic E-state index is 0.171. The second-order valence-electron chi connectivity index (χ2n) is 9.55. The van der Waals surface area contributed by atoms with E-state index in [1.54, 1.807) is 24.5 Å². The van der Waals surface area contributed by atoms with E-state index in [9.17, 15) is 4.79 Å². The maximum atomic E-state index is 12.3. The van der Waals surface area contributed by atoms with Crippen LogP contribution in [0.1, 0.15) is 32.7 Å². The Kier molecular flexibility index (Phi) is 5.73. The molecule has 2 aliphatic rings. The lowest BCUT2D eigenvalue weighted by Crippen LogP contribution is -2.43. The Labute approximate surface area is 208 Å². The first-order valence-corrected chi connectivity index (χ1v) is 12.3. The highest BCUT2D eigenvalue weighted by molar-refractivity contribution is 5.99. The van der Waals surface area contributed by atoms with E-state index in [1.165, 1.54) is 0 Å². The van der Waals surface area contributed by atoms with E-state index in [0.717, 1.165) is 48.3 Å². The van der Waals surface area contributed by atoms with Crippen molar-refractivity contribution in [3.63, 3.8) is 0 Å². The lowest BCUT2D eigenvalue weighted by Gasteiger charge is -2.33. The number of benzene rings is 1. The van der Waals surface area contributed by atoms with Crippen LogP contribution in [-0.4, -0.2) is 56.1 Å². The van der Waals surface area contributed by atoms with Crippen LogP contribution in [0.4, 0.5) is 22.0 Å². The molecule has 2 amide bonds. The number of carbonyl (C=O) groups excluding carboxylic acids is 1. The third-order valence-electron chi connectivity index (χ3n) is 6.61. The molecule has 0 radical (unpaired) electrons. The Morgan fingerprint density at radius 1 is 0.972 bits per heavy atom. The van der Waals surface area contributed by atoms with E-state index in [2.05, 4.69) is 39.5 Å². The van der Waals surface area contributed by atoms with Crippen molar-refractivity contribution >= 4 is 34.3 Å². The van der Waals surface area contributed by atoms with Gasteiger partial charge in [0.05, 0.1) is 23.8 Å². The van der Waals surface area contributed by atoms with Crippen molar-refractivity contribution in [2.24, 2.45) is 0 Å². The van der Waals surface area contributed by atoms with Crippen LogP contribution in [0.15, 0.2) is 55.0 Å². The van der Waals surface area contributed by atoms with Gasteiger partial charge >= 0.3 is 6.03 Å². The van der Waals surface area contributed by atoms with Crippen LogP contribution in [0.2, 0.25) is 0 Å². The minimum Gasteiger partial charge on any atom is -0.371 e. The molecule has 1 aromatic carbocycles. The van der Waals surface area contributed by atoms with Gasteiger partial charge in [0.15, 0.2) is 11.5 Å². The molecule has 0 saturated carbocycles. The summed E-state index contributed by atoms with van der Waals surface area (Å²) in [7, 11) is 0. The molecule has 10 heteroatoms. The summed E-state index contributed by atoms with van der Waals surface area (Å²) in [6.07, 6.45) is 7.82. The molecule has 3 aromatic heterocycles. The number of urea groups is 1. The minimum atomic E-state index is -0.323. The fourth-order valence-electron chi connectivity index (χ4n) is 4.88. The van der Waals surface area contributed by atoms with Crippen LogP contribution in [0.5, 0.6) is 0 Å². The first kappa shape index (κ1) is 22.4. The number of amides is 2. The summed E-state index contributed by atoms with van der Waals surface area (Å²) in [6, 6.07) is 10.9. The fraction of sp³-hybridized carbons (Fsp3) is 0.346. The Bertz CT molecular complexity index is 1370. The summed E-state index contributed by atoms with van der Waals surface area (Å²) in [4.78, 5) is 28.5. The lowest BCUT2D eigenvalue weighted by molar-refractivity contribution is 0.0303. The quantitative estimate of drug-likeness (QED) is 0.430. The molecule has 2 fully saturated rings. The summed E-state index contributed by atoms with van der Waals surface area (Å²) in [5.74, 6) is 1.53.